The molecular weight excluding hydrogens is 272 g/mol. The first kappa shape index (κ1) is 15.8. The molecule has 8 heteroatoms. The Balaban J connectivity index is 2.64. The third kappa shape index (κ3) is 5.07. The molecule has 0 aliphatic carbocycles. The molecular formula is C11H19F2N3O2Si. The summed E-state index contributed by atoms with van der Waals surface area (Å²) in [6.07, 6.45) is -2.72. The Morgan fingerprint density at radius 1 is 1.53 bits per heavy atom. The maximum Gasteiger partial charge on any atom is 0.280 e. The molecule has 1 aromatic heterocycles. The van der Waals surface area contributed by atoms with Crippen LogP contribution >= 0.6 is 0 Å². The first-order valence-electron chi connectivity index (χ1n) is 5.94. The summed E-state index contributed by atoms with van der Waals surface area (Å²) in [6, 6.07) is 1.93. The smallest absolute Gasteiger partial charge is 0.280 e. The summed E-state index contributed by atoms with van der Waals surface area (Å²) < 4.78 is 31.8. The molecule has 0 spiro atoms. The lowest BCUT2D eigenvalue weighted by Crippen LogP contribution is -2.22. The van der Waals surface area contributed by atoms with Gasteiger partial charge in [0.05, 0.1) is 0 Å². The Morgan fingerprint density at radius 2 is 2.16 bits per heavy atom. The lowest BCUT2D eigenvalue weighted by atomic mass is 10.3. The van der Waals surface area contributed by atoms with Gasteiger partial charge in [0.25, 0.3) is 12.3 Å². The molecule has 0 saturated carbocycles. The molecule has 0 atom stereocenters. The first-order valence-corrected chi connectivity index (χ1v) is 9.65. The largest absolute Gasteiger partial charge is 0.364 e. The van der Waals surface area contributed by atoms with Crippen molar-refractivity contribution in [3.05, 3.63) is 17.5 Å². The Bertz CT molecular complexity index is 444. The van der Waals surface area contributed by atoms with E-state index in [9.17, 15) is 13.6 Å². The zero-order chi connectivity index (χ0) is 14.6. The number of alkyl halides is 2. The number of carbonyl (C=O) groups is 1. The van der Waals surface area contributed by atoms with E-state index < -0.39 is 20.4 Å². The Labute approximate surface area is 111 Å². The van der Waals surface area contributed by atoms with E-state index in [2.05, 4.69) is 24.7 Å². The highest BCUT2D eigenvalue weighted by atomic mass is 28.3. The van der Waals surface area contributed by atoms with E-state index in [1.165, 1.54) is 0 Å². The van der Waals surface area contributed by atoms with E-state index in [0.717, 1.165) is 16.8 Å². The molecule has 0 aliphatic rings. The predicted molar refractivity (Wildman–Crippen MR) is 69.8 cm³/mol. The van der Waals surface area contributed by atoms with Gasteiger partial charge in [-0.3, -0.25) is 4.79 Å². The van der Waals surface area contributed by atoms with Crippen LogP contribution < -0.4 is 5.73 Å². The standard InChI is InChI=1S/C11H19F2N3O2Si/c1-19(2,3)5-4-18-7-16-9(10(12)13)6-8(15-16)11(14)17/h6,10H,4-5,7H2,1-3H3,(H2,14,17). The number of ether oxygens (including phenoxy) is 1. The molecule has 0 saturated heterocycles. The van der Waals surface area contributed by atoms with E-state index >= 15 is 0 Å². The number of rotatable bonds is 7. The molecule has 1 rings (SSSR count). The van der Waals surface area contributed by atoms with Gasteiger partial charge in [0.1, 0.15) is 12.4 Å². The molecule has 108 valence electrons. The highest BCUT2D eigenvalue weighted by Gasteiger charge is 2.19. The van der Waals surface area contributed by atoms with Crippen LogP contribution in [-0.2, 0) is 11.5 Å². The average molecular weight is 291 g/mol. The topological polar surface area (TPSA) is 70.1 Å². The molecule has 0 radical (unpaired) electrons. The third-order valence-electron chi connectivity index (χ3n) is 2.50. The summed E-state index contributed by atoms with van der Waals surface area (Å²) in [4.78, 5) is 10.9. The van der Waals surface area contributed by atoms with Gasteiger partial charge < -0.3 is 10.5 Å². The molecule has 1 aromatic rings. The van der Waals surface area contributed by atoms with Crippen LogP contribution in [0, 0.1) is 0 Å². The van der Waals surface area contributed by atoms with Gasteiger partial charge in [-0.1, -0.05) is 19.6 Å². The fraction of sp³-hybridized carbons (Fsp3) is 0.636. The highest BCUT2D eigenvalue weighted by Crippen LogP contribution is 2.20. The van der Waals surface area contributed by atoms with Crippen LogP contribution in [0.4, 0.5) is 8.78 Å². The number of nitrogens with two attached hydrogens (primary N) is 1. The van der Waals surface area contributed by atoms with Gasteiger partial charge >= 0.3 is 0 Å². The van der Waals surface area contributed by atoms with Crippen molar-refractivity contribution in [1.82, 2.24) is 9.78 Å². The third-order valence-corrected chi connectivity index (χ3v) is 4.20. The van der Waals surface area contributed by atoms with Gasteiger partial charge in [-0.15, -0.1) is 0 Å². The van der Waals surface area contributed by atoms with E-state index in [1.54, 1.807) is 0 Å². The van der Waals surface area contributed by atoms with E-state index in [1.807, 2.05) is 0 Å². The maximum absolute atomic E-state index is 12.7. The molecule has 0 bridgehead atoms. The van der Waals surface area contributed by atoms with E-state index in [0.29, 0.717) is 6.61 Å². The first-order chi connectivity index (χ1) is 8.70. The predicted octanol–water partition coefficient (Wildman–Crippen LogP) is 2.23. The lowest BCUT2D eigenvalue weighted by molar-refractivity contribution is 0.0618. The second kappa shape index (κ2) is 6.24. The molecule has 0 unspecified atom stereocenters. The number of hydrogen-bond donors (Lipinski definition) is 1. The Morgan fingerprint density at radius 3 is 2.63 bits per heavy atom. The van der Waals surface area contributed by atoms with E-state index in [4.69, 9.17) is 10.5 Å². The number of halogens is 2. The van der Waals surface area contributed by atoms with Crippen LogP contribution in [0.5, 0.6) is 0 Å². The monoisotopic (exact) mass is 291 g/mol. The molecule has 19 heavy (non-hydrogen) atoms. The molecule has 0 aliphatic heterocycles. The lowest BCUT2D eigenvalue weighted by Gasteiger charge is -2.15. The highest BCUT2D eigenvalue weighted by molar-refractivity contribution is 6.76. The fourth-order valence-electron chi connectivity index (χ4n) is 1.36. The number of primary amides is 1. The van der Waals surface area contributed by atoms with Gasteiger partial charge in [-0.2, -0.15) is 5.10 Å². The minimum Gasteiger partial charge on any atom is -0.364 e. The van der Waals surface area contributed by atoms with Gasteiger partial charge in [-0.05, 0) is 12.1 Å². The van der Waals surface area contributed by atoms with Crippen molar-refractivity contribution in [2.75, 3.05) is 6.61 Å². The summed E-state index contributed by atoms with van der Waals surface area (Å²) in [5, 5.41) is 3.71. The quantitative estimate of drug-likeness (QED) is 0.618. The summed E-state index contributed by atoms with van der Waals surface area (Å²) in [5.41, 5.74) is 4.48. The maximum atomic E-state index is 12.7. The van der Waals surface area contributed by atoms with Crippen molar-refractivity contribution >= 4 is 14.0 Å². The van der Waals surface area contributed by atoms with Crippen LogP contribution in [-0.4, -0.2) is 30.4 Å². The van der Waals surface area contributed by atoms with Gasteiger partial charge in [0.2, 0.25) is 0 Å². The summed E-state index contributed by atoms with van der Waals surface area (Å²) >= 11 is 0. The zero-order valence-electron chi connectivity index (χ0n) is 11.3. The molecule has 1 heterocycles. The van der Waals surface area contributed by atoms with Crippen LogP contribution in [0.2, 0.25) is 25.7 Å². The number of aromatic nitrogens is 2. The van der Waals surface area contributed by atoms with Crippen molar-refractivity contribution < 1.29 is 18.3 Å². The number of nitrogens with zero attached hydrogens (tertiary/aromatic N) is 2. The second-order valence-corrected chi connectivity index (χ2v) is 11.1. The van der Waals surface area contributed by atoms with Gasteiger partial charge in [-0.25, -0.2) is 13.5 Å². The van der Waals surface area contributed by atoms with Crippen LogP contribution in [0.15, 0.2) is 6.07 Å². The van der Waals surface area contributed by atoms with Crippen molar-refractivity contribution in [3.63, 3.8) is 0 Å². The van der Waals surface area contributed by atoms with Crippen molar-refractivity contribution in [3.8, 4) is 0 Å². The molecule has 2 N–H and O–H groups in total. The minimum absolute atomic E-state index is 0.0998. The van der Waals surface area contributed by atoms with Gasteiger partial charge in [0.15, 0.2) is 5.69 Å². The minimum atomic E-state index is -2.72. The van der Waals surface area contributed by atoms with Gasteiger partial charge in [0, 0.05) is 14.7 Å². The van der Waals surface area contributed by atoms with Crippen molar-refractivity contribution in [1.29, 1.82) is 0 Å². The van der Waals surface area contributed by atoms with Crippen LogP contribution in [0.3, 0.4) is 0 Å². The Kier molecular flexibility index (Phi) is 5.18. The average Bonchev–Trinajstić information content (AvgIpc) is 2.67. The molecule has 0 fully saturated rings. The number of amides is 1. The number of hydrogen-bond acceptors (Lipinski definition) is 3. The SMILES string of the molecule is C[Si](C)(C)CCOCn1nc(C(N)=O)cc1C(F)F. The summed E-state index contributed by atoms with van der Waals surface area (Å²) in [6.45, 7) is 6.97. The fourth-order valence-corrected chi connectivity index (χ4v) is 2.12. The summed E-state index contributed by atoms with van der Waals surface area (Å²) in [7, 11) is -1.22. The number of carbonyl (C=O) groups excluding carboxylic acids is 1. The van der Waals surface area contributed by atoms with Crippen molar-refractivity contribution in [2.45, 2.75) is 38.8 Å². The molecule has 1 amide bonds. The Hall–Kier alpha value is -1.28. The van der Waals surface area contributed by atoms with Crippen LogP contribution in [0.1, 0.15) is 22.6 Å². The normalized spacial score (nSPS) is 12.1. The van der Waals surface area contributed by atoms with E-state index in [-0.39, 0.29) is 18.1 Å². The van der Waals surface area contributed by atoms with Crippen LogP contribution in [0.25, 0.3) is 0 Å². The summed E-state index contributed by atoms with van der Waals surface area (Å²) in [5.74, 6) is -0.831. The van der Waals surface area contributed by atoms with Crippen molar-refractivity contribution in [2.24, 2.45) is 5.73 Å². The molecule has 5 nitrogen and oxygen atoms in total. The zero-order valence-corrected chi connectivity index (χ0v) is 12.3. The second-order valence-electron chi connectivity index (χ2n) is 5.47. The molecule has 0 aromatic carbocycles.